The highest BCUT2D eigenvalue weighted by Gasteiger charge is 2.13. The van der Waals surface area contributed by atoms with Crippen LogP contribution in [0.3, 0.4) is 0 Å². The lowest BCUT2D eigenvalue weighted by atomic mass is 10.1. The third-order valence-electron chi connectivity index (χ3n) is 4.90. The van der Waals surface area contributed by atoms with Crippen molar-refractivity contribution < 1.29 is 23.7 Å². The summed E-state index contributed by atoms with van der Waals surface area (Å²) in [6, 6.07) is 18.9. The van der Waals surface area contributed by atoms with Crippen LogP contribution in [0.4, 0.5) is 5.69 Å². The van der Waals surface area contributed by atoms with Gasteiger partial charge in [-0.1, -0.05) is 54.6 Å². The van der Waals surface area contributed by atoms with Crippen molar-refractivity contribution in [2.24, 2.45) is 0 Å². The molecule has 0 aliphatic carbocycles. The van der Waals surface area contributed by atoms with Crippen LogP contribution in [0.5, 0.6) is 23.0 Å². The van der Waals surface area contributed by atoms with Gasteiger partial charge in [0.05, 0.1) is 34.1 Å². The summed E-state index contributed by atoms with van der Waals surface area (Å²) in [5.41, 5.74) is 3.14. The predicted molar refractivity (Wildman–Crippen MR) is 132 cm³/mol. The van der Waals surface area contributed by atoms with E-state index < -0.39 is 0 Å². The molecule has 0 spiro atoms. The number of rotatable bonds is 9. The van der Waals surface area contributed by atoms with E-state index in [0.717, 1.165) is 16.7 Å². The molecule has 0 aromatic heterocycles. The Morgan fingerprint density at radius 2 is 1.36 bits per heavy atom. The summed E-state index contributed by atoms with van der Waals surface area (Å²) >= 11 is 0. The van der Waals surface area contributed by atoms with Crippen molar-refractivity contribution in [3.8, 4) is 23.0 Å². The molecule has 170 valence electrons. The van der Waals surface area contributed by atoms with Crippen LogP contribution in [-0.4, -0.2) is 34.3 Å². The first-order chi connectivity index (χ1) is 16.1. The molecule has 0 heterocycles. The first-order valence-corrected chi connectivity index (χ1v) is 10.3. The summed E-state index contributed by atoms with van der Waals surface area (Å²) in [6.45, 7) is 0. The van der Waals surface area contributed by atoms with Crippen molar-refractivity contribution in [2.75, 3.05) is 33.8 Å². The number of methoxy groups -OCH3 is 4. The number of amides is 1. The van der Waals surface area contributed by atoms with Crippen LogP contribution in [0.25, 0.3) is 18.2 Å². The van der Waals surface area contributed by atoms with Crippen LogP contribution in [-0.2, 0) is 4.79 Å². The maximum Gasteiger partial charge on any atom is 0.248 e. The van der Waals surface area contributed by atoms with E-state index in [4.69, 9.17) is 18.9 Å². The Morgan fingerprint density at radius 3 is 1.97 bits per heavy atom. The van der Waals surface area contributed by atoms with Crippen molar-refractivity contribution in [1.82, 2.24) is 0 Å². The zero-order valence-corrected chi connectivity index (χ0v) is 19.1. The fraction of sp³-hybridized carbons (Fsp3) is 0.148. The molecular weight excluding hydrogens is 418 g/mol. The summed E-state index contributed by atoms with van der Waals surface area (Å²) in [6.07, 6.45) is 7.04. The largest absolute Gasteiger partial charge is 0.495 e. The van der Waals surface area contributed by atoms with Crippen LogP contribution in [0.15, 0.2) is 66.7 Å². The molecule has 0 bridgehead atoms. The highest BCUT2D eigenvalue weighted by molar-refractivity contribution is 6.04. The molecule has 0 saturated carbocycles. The molecule has 33 heavy (non-hydrogen) atoms. The third kappa shape index (κ3) is 5.95. The van der Waals surface area contributed by atoms with E-state index in [-0.39, 0.29) is 5.91 Å². The molecule has 1 amide bonds. The molecule has 6 heteroatoms. The number of para-hydroxylation sites is 1. The average Bonchev–Trinajstić information content (AvgIpc) is 2.86. The Labute approximate surface area is 194 Å². The summed E-state index contributed by atoms with van der Waals surface area (Å²) in [5, 5.41) is 2.93. The van der Waals surface area contributed by atoms with E-state index >= 15 is 0 Å². The van der Waals surface area contributed by atoms with Gasteiger partial charge in [-0.3, -0.25) is 4.79 Å². The number of hydrogen-bond acceptors (Lipinski definition) is 5. The van der Waals surface area contributed by atoms with Gasteiger partial charge in [0.1, 0.15) is 5.75 Å². The summed E-state index contributed by atoms with van der Waals surface area (Å²) < 4.78 is 21.7. The minimum absolute atomic E-state index is 0.259. The van der Waals surface area contributed by atoms with E-state index in [1.165, 1.54) is 6.08 Å². The topological polar surface area (TPSA) is 66.0 Å². The number of carbonyl (C=O) groups is 1. The highest BCUT2D eigenvalue weighted by atomic mass is 16.5. The van der Waals surface area contributed by atoms with Crippen LogP contribution >= 0.6 is 0 Å². The number of hydrogen-bond donors (Lipinski definition) is 1. The number of anilines is 1. The lowest BCUT2D eigenvalue weighted by Crippen LogP contribution is -2.10. The SMILES string of the molecule is COc1cccc(C=Cc2cc(OC)c(OC)c(OC)c2)c1NC(=O)C=Cc1ccccc1. The molecule has 3 aromatic carbocycles. The Balaban J connectivity index is 1.89. The first kappa shape index (κ1) is 23.5. The number of ether oxygens (including phenoxy) is 4. The van der Waals surface area contributed by atoms with Gasteiger partial charge in [0.25, 0.3) is 0 Å². The molecular formula is C27H27NO5. The molecule has 0 atom stereocenters. The van der Waals surface area contributed by atoms with Gasteiger partial charge in [0, 0.05) is 11.6 Å². The molecule has 1 N–H and O–H groups in total. The van der Waals surface area contributed by atoms with Gasteiger partial charge >= 0.3 is 0 Å². The van der Waals surface area contributed by atoms with Crippen molar-refractivity contribution >= 4 is 29.8 Å². The molecule has 0 aliphatic rings. The van der Waals surface area contributed by atoms with E-state index in [1.807, 2.05) is 66.7 Å². The highest BCUT2D eigenvalue weighted by Crippen LogP contribution is 2.39. The fourth-order valence-electron chi connectivity index (χ4n) is 3.28. The van der Waals surface area contributed by atoms with Gasteiger partial charge in [-0.05, 0) is 35.4 Å². The van der Waals surface area contributed by atoms with Crippen LogP contribution < -0.4 is 24.3 Å². The van der Waals surface area contributed by atoms with Gasteiger partial charge in [-0.15, -0.1) is 0 Å². The van der Waals surface area contributed by atoms with Crippen molar-refractivity contribution in [3.63, 3.8) is 0 Å². The van der Waals surface area contributed by atoms with Gasteiger partial charge in [-0.2, -0.15) is 0 Å². The molecule has 0 radical (unpaired) electrons. The molecule has 3 rings (SSSR count). The van der Waals surface area contributed by atoms with Crippen LogP contribution in [0.2, 0.25) is 0 Å². The van der Waals surface area contributed by atoms with Crippen LogP contribution in [0.1, 0.15) is 16.7 Å². The minimum atomic E-state index is -0.259. The zero-order valence-electron chi connectivity index (χ0n) is 19.1. The lowest BCUT2D eigenvalue weighted by molar-refractivity contribution is -0.111. The van der Waals surface area contributed by atoms with Gasteiger partial charge < -0.3 is 24.3 Å². The monoisotopic (exact) mass is 445 g/mol. The van der Waals surface area contributed by atoms with Crippen LogP contribution in [0, 0.1) is 0 Å². The smallest absolute Gasteiger partial charge is 0.248 e. The van der Waals surface area contributed by atoms with Crippen molar-refractivity contribution in [1.29, 1.82) is 0 Å². The normalized spacial score (nSPS) is 10.9. The predicted octanol–water partition coefficient (Wildman–Crippen LogP) is 5.54. The van der Waals surface area contributed by atoms with Gasteiger partial charge in [-0.25, -0.2) is 0 Å². The molecule has 3 aromatic rings. The van der Waals surface area contributed by atoms with E-state index in [1.54, 1.807) is 40.6 Å². The molecule has 6 nitrogen and oxygen atoms in total. The first-order valence-electron chi connectivity index (χ1n) is 10.3. The summed E-state index contributed by atoms with van der Waals surface area (Å²) in [4.78, 5) is 12.6. The standard InChI is InChI=1S/C27H27NO5/c1-30-22-12-8-11-21(26(22)28-25(29)16-14-19-9-6-5-7-10-19)15-13-20-17-23(31-2)27(33-4)24(18-20)32-3/h5-18H,1-4H3,(H,28,29). The fourth-order valence-corrected chi connectivity index (χ4v) is 3.28. The lowest BCUT2D eigenvalue weighted by Gasteiger charge is -2.13. The molecule has 0 unspecified atom stereocenters. The third-order valence-corrected chi connectivity index (χ3v) is 4.90. The molecule has 0 saturated heterocycles. The van der Waals surface area contributed by atoms with Crippen molar-refractivity contribution in [2.45, 2.75) is 0 Å². The summed E-state index contributed by atoms with van der Waals surface area (Å²) in [5.74, 6) is 1.94. The van der Waals surface area contributed by atoms with Gasteiger partial charge in [0.2, 0.25) is 11.7 Å². The Bertz CT molecular complexity index is 1130. The number of carbonyl (C=O) groups excluding carboxylic acids is 1. The summed E-state index contributed by atoms with van der Waals surface area (Å²) in [7, 11) is 6.28. The number of nitrogens with one attached hydrogen (secondary N) is 1. The molecule has 0 fully saturated rings. The second-order valence-corrected chi connectivity index (χ2v) is 6.95. The van der Waals surface area contributed by atoms with E-state index in [9.17, 15) is 4.79 Å². The Morgan fingerprint density at radius 1 is 0.697 bits per heavy atom. The van der Waals surface area contributed by atoms with Crippen molar-refractivity contribution in [3.05, 3.63) is 83.4 Å². The Hall–Kier alpha value is -4.19. The average molecular weight is 446 g/mol. The molecule has 0 aliphatic heterocycles. The van der Waals surface area contributed by atoms with E-state index in [2.05, 4.69) is 5.32 Å². The second-order valence-electron chi connectivity index (χ2n) is 6.95. The van der Waals surface area contributed by atoms with E-state index in [0.29, 0.717) is 28.7 Å². The zero-order chi connectivity index (χ0) is 23.6. The Kier molecular flexibility index (Phi) is 8.13. The maximum atomic E-state index is 12.6. The number of benzene rings is 3. The second kappa shape index (κ2) is 11.4. The quantitative estimate of drug-likeness (QED) is 0.346. The minimum Gasteiger partial charge on any atom is -0.495 e. The maximum absolute atomic E-state index is 12.6. The van der Waals surface area contributed by atoms with Gasteiger partial charge in [0.15, 0.2) is 11.5 Å².